The second-order valence-corrected chi connectivity index (χ2v) is 5.48. The highest BCUT2D eigenvalue weighted by Gasteiger charge is 2.13. The number of nitrogens with two attached hydrogens (primary N) is 1. The van der Waals surface area contributed by atoms with Crippen LogP contribution < -0.4 is 5.73 Å². The van der Waals surface area contributed by atoms with Gasteiger partial charge in [-0.2, -0.15) is 0 Å². The molecule has 1 aliphatic heterocycles. The van der Waals surface area contributed by atoms with Crippen LogP contribution in [0.25, 0.3) is 0 Å². The molecule has 0 radical (unpaired) electrons. The van der Waals surface area contributed by atoms with Gasteiger partial charge in [-0.1, -0.05) is 11.6 Å². The van der Waals surface area contributed by atoms with E-state index in [-0.39, 0.29) is 0 Å². The molecule has 0 spiro atoms. The average molecular weight is 258 g/mol. The summed E-state index contributed by atoms with van der Waals surface area (Å²) in [5, 5.41) is 0.634. The van der Waals surface area contributed by atoms with Crippen molar-refractivity contribution in [2.75, 3.05) is 18.1 Å². The molecule has 0 saturated carbocycles. The Labute approximate surface area is 105 Å². The van der Waals surface area contributed by atoms with Gasteiger partial charge in [0, 0.05) is 17.3 Å². The Bertz CT molecular complexity index is 353. The predicted octanol–water partition coefficient (Wildman–Crippen LogP) is 3.58. The third kappa shape index (κ3) is 3.30. The van der Waals surface area contributed by atoms with Crippen molar-refractivity contribution in [1.29, 1.82) is 0 Å². The maximum atomic E-state index is 5.97. The minimum Gasteiger partial charge on any atom is -0.398 e. The minimum absolute atomic E-state index is 0.398. The number of benzene rings is 1. The fourth-order valence-electron chi connectivity index (χ4n) is 1.73. The van der Waals surface area contributed by atoms with E-state index in [0.717, 1.165) is 17.3 Å². The van der Waals surface area contributed by atoms with E-state index in [1.165, 1.54) is 19.3 Å². The van der Waals surface area contributed by atoms with Gasteiger partial charge in [0.1, 0.15) is 0 Å². The molecule has 2 nitrogen and oxygen atoms in total. The maximum Gasteiger partial charge on any atom is 0.0669 e. The van der Waals surface area contributed by atoms with Crippen LogP contribution in [0.15, 0.2) is 23.1 Å². The van der Waals surface area contributed by atoms with Gasteiger partial charge in [-0.3, -0.25) is 0 Å². The Kier molecular flexibility index (Phi) is 4.38. The van der Waals surface area contributed by atoms with Gasteiger partial charge < -0.3 is 10.5 Å². The molecule has 0 bridgehead atoms. The van der Waals surface area contributed by atoms with Crippen molar-refractivity contribution in [3.63, 3.8) is 0 Å². The molecule has 0 amide bonds. The van der Waals surface area contributed by atoms with Crippen molar-refractivity contribution in [3.05, 3.63) is 23.2 Å². The molecule has 1 unspecified atom stereocenters. The monoisotopic (exact) mass is 257 g/mol. The zero-order chi connectivity index (χ0) is 11.4. The molecule has 1 fully saturated rings. The summed E-state index contributed by atoms with van der Waals surface area (Å²) in [5.74, 6) is 1.00. The third-order valence-electron chi connectivity index (χ3n) is 2.68. The summed E-state index contributed by atoms with van der Waals surface area (Å²) in [4.78, 5) is 1.16. The molecule has 0 aliphatic carbocycles. The minimum atomic E-state index is 0.398. The van der Waals surface area contributed by atoms with Crippen LogP contribution >= 0.6 is 23.4 Å². The molecule has 1 aromatic carbocycles. The molecule has 2 rings (SSSR count). The Hall–Kier alpha value is -0.380. The summed E-state index contributed by atoms with van der Waals surface area (Å²) in [5.41, 5.74) is 6.30. The molecule has 0 aromatic heterocycles. The van der Waals surface area contributed by atoms with Crippen LogP contribution in [0.1, 0.15) is 19.3 Å². The lowest BCUT2D eigenvalue weighted by atomic mass is 10.1. The van der Waals surface area contributed by atoms with Crippen LogP contribution in [0, 0.1) is 0 Å². The summed E-state index contributed by atoms with van der Waals surface area (Å²) < 4.78 is 5.68. The van der Waals surface area contributed by atoms with Crippen LogP contribution in [-0.2, 0) is 4.74 Å². The highest BCUT2D eigenvalue weighted by atomic mass is 35.5. The van der Waals surface area contributed by atoms with E-state index in [0.29, 0.717) is 16.8 Å². The Morgan fingerprint density at radius 1 is 1.44 bits per heavy atom. The summed E-state index contributed by atoms with van der Waals surface area (Å²) in [6.07, 6.45) is 4.06. The van der Waals surface area contributed by atoms with Crippen molar-refractivity contribution in [2.45, 2.75) is 30.3 Å². The van der Waals surface area contributed by atoms with Gasteiger partial charge in [-0.05, 0) is 37.5 Å². The lowest BCUT2D eigenvalue weighted by molar-refractivity contribution is 0.0315. The van der Waals surface area contributed by atoms with Gasteiger partial charge in [0.2, 0.25) is 0 Å². The number of nitrogen functional groups attached to an aromatic ring is 1. The smallest absolute Gasteiger partial charge is 0.0669 e. The van der Waals surface area contributed by atoms with Gasteiger partial charge in [0.05, 0.1) is 16.8 Å². The van der Waals surface area contributed by atoms with Gasteiger partial charge in [0.25, 0.3) is 0 Å². The first-order valence-corrected chi connectivity index (χ1v) is 6.91. The molecule has 1 aliphatic rings. The largest absolute Gasteiger partial charge is 0.398 e. The predicted molar refractivity (Wildman–Crippen MR) is 70.2 cm³/mol. The molecule has 1 atom stereocenters. The van der Waals surface area contributed by atoms with Crippen molar-refractivity contribution in [3.8, 4) is 0 Å². The van der Waals surface area contributed by atoms with E-state index < -0.39 is 0 Å². The zero-order valence-corrected chi connectivity index (χ0v) is 10.7. The number of halogens is 1. The van der Waals surface area contributed by atoms with Gasteiger partial charge in [0.15, 0.2) is 0 Å². The first kappa shape index (κ1) is 12.1. The van der Waals surface area contributed by atoms with E-state index in [1.54, 1.807) is 11.8 Å². The van der Waals surface area contributed by atoms with Crippen LogP contribution in [0.5, 0.6) is 0 Å². The molecule has 4 heteroatoms. The molecule has 2 N–H and O–H groups in total. The number of thioether (sulfide) groups is 1. The highest BCUT2D eigenvalue weighted by molar-refractivity contribution is 7.99. The fraction of sp³-hybridized carbons (Fsp3) is 0.500. The quantitative estimate of drug-likeness (QED) is 0.664. The molecular formula is C12H16ClNOS. The maximum absolute atomic E-state index is 5.97. The molecule has 88 valence electrons. The Morgan fingerprint density at radius 3 is 3.00 bits per heavy atom. The second kappa shape index (κ2) is 5.80. The van der Waals surface area contributed by atoms with E-state index >= 15 is 0 Å². The Morgan fingerprint density at radius 2 is 2.31 bits per heavy atom. The third-order valence-corrected chi connectivity index (χ3v) is 4.13. The van der Waals surface area contributed by atoms with Crippen molar-refractivity contribution < 1.29 is 4.74 Å². The first-order chi connectivity index (χ1) is 7.75. The van der Waals surface area contributed by atoms with E-state index in [1.807, 2.05) is 18.2 Å². The van der Waals surface area contributed by atoms with Gasteiger partial charge in [-0.25, -0.2) is 0 Å². The first-order valence-electron chi connectivity index (χ1n) is 5.55. The van der Waals surface area contributed by atoms with Crippen molar-refractivity contribution in [2.24, 2.45) is 0 Å². The molecule has 1 saturated heterocycles. The number of ether oxygens (including phenoxy) is 1. The summed E-state index contributed by atoms with van der Waals surface area (Å²) in [6, 6.07) is 5.78. The van der Waals surface area contributed by atoms with Crippen LogP contribution in [-0.4, -0.2) is 18.5 Å². The van der Waals surface area contributed by atoms with Gasteiger partial charge in [-0.15, -0.1) is 11.8 Å². The summed E-state index contributed by atoms with van der Waals surface area (Å²) in [7, 11) is 0. The normalized spacial score (nSPS) is 20.9. The van der Waals surface area contributed by atoms with Crippen LogP contribution in [0.2, 0.25) is 5.02 Å². The zero-order valence-electron chi connectivity index (χ0n) is 9.12. The standard InChI is InChI=1S/C12H16ClNOS/c13-11-7-10(4-5-12(11)14)16-8-9-3-1-2-6-15-9/h4-5,7,9H,1-3,6,8,14H2. The fourth-order valence-corrected chi connectivity index (χ4v) is 2.98. The summed E-state index contributed by atoms with van der Waals surface area (Å²) in [6.45, 7) is 0.910. The molecule has 16 heavy (non-hydrogen) atoms. The summed E-state index contributed by atoms with van der Waals surface area (Å²) >= 11 is 7.75. The lowest BCUT2D eigenvalue weighted by Gasteiger charge is -2.22. The van der Waals surface area contributed by atoms with E-state index in [4.69, 9.17) is 22.1 Å². The Balaban J connectivity index is 1.86. The highest BCUT2D eigenvalue weighted by Crippen LogP contribution is 2.28. The van der Waals surface area contributed by atoms with Crippen molar-refractivity contribution in [1.82, 2.24) is 0 Å². The van der Waals surface area contributed by atoms with Crippen molar-refractivity contribution >= 4 is 29.1 Å². The molecule has 1 aromatic rings. The second-order valence-electron chi connectivity index (χ2n) is 3.98. The molecular weight excluding hydrogens is 242 g/mol. The number of rotatable bonds is 3. The SMILES string of the molecule is Nc1ccc(SCC2CCCCO2)cc1Cl. The average Bonchev–Trinajstić information content (AvgIpc) is 2.32. The molecule has 1 heterocycles. The van der Waals surface area contributed by atoms with Crippen LogP contribution in [0.4, 0.5) is 5.69 Å². The van der Waals surface area contributed by atoms with E-state index in [2.05, 4.69) is 0 Å². The number of hydrogen-bond donors (Lipinski definition) is 1. The lowest BCUT2D eigenvalue weighted by Crippen LogP contribution is -2.21. The number of hydrogen-bond acceptors (Lipinski definition) is 3. The van der Waals surface area contributed by atoms with E-state index in [9.17, 15) is 0 Å². The van der Waals surface area contributed by atoms with Gasteiger partial charge >= 0.3 is 0 Å². The van der Waals surface area contributed by atoms with Crippen LogP contribution in [0.3, 0.4) is 0 Å². The number of anilines is 1. The topological polar surface area (TPSA) is 35.2 Å².